The normalized spacial score (nSPS) is 12.0. The zero-order chi connectivity index (χ0) is 17.4. The van der Waals surface area contributed by atoms with Gasteiger partial charge in [0.05, 0.1) is 0 Å². The van der Waals surface area contributed by atoms with Crippen LogP contribution >= 0.6 is 0 Å². The van der Waals surface area contributed by atoms with Crippen molar-refractivity contribution < 1.29 is 4.52 Å². The highest BCUT2D eigenvalue weighted by Gasteiger charge is 2.09. The Hall–Kier alpha value is -2.45. The summed E-state index contributed by atoms with van der Waals surface area (Å²) in [6.07, 6.45) is 3.28. The molecule has 2 aromatic rings. The molecule has 24 heavy (non-hydrogen) atoms. The Bertz CT molecular complexity index is 645. The van der Waals surface area contributed by atoms with E-state index in [2.05, 4.69) is 42.9 Å². The first-order chi connectivity index (χ1) is 11.6. The Balaban J connectivity index is 1.70. The van der Waals surface area contributed by atoms with Crippen LogP contribution in [0.3, 0.4) is 0 Å². The molecule has 0 saturated heterocycles. The van der Waals surface area contributed by atoms with Crippen LogP contribution in [0.15, 0.2) is 15.8 Å². The lowest BCUT2D eigenvalue weighted by Crippen LogP contribution is -2.39. The molecule has 0 spiro atoms. The predicted octanol–water partition coefficient (Wildman–Crippen LogP) is 0.755. The lowest BCUT2D eigenvalue weighted by molar-refractivity contribution is 0.371. The number of hydrogen-bond donors (Lipinski definition) is 2. The number of hydrogen-bond acceptors (Lipinski definition) is 6. The lowest BCUT2D eigenvalue weighted by Gasteiger charge is -2.11. The summed E-state index contributed by atoms with van der Waals surface area (Å²) in [5, 5.41) is 18.4. The Labute approximate surface area is 142 Å². The van der Waals surface area contributed by atoms with Gasteiger partial charge in [0.15, 0.2) is 11.8 Å². The van der Waals surface area contributed by atoms with Crippen molar-refractivity contribution in [2.24, 2.45) is 4.99 Å². The fourth-order valence-electron chi connectivity index (χ4n) is 2.15. The molecule has 2 aromatic heterocycles. The minimum Gasteiger partial charge on any atom is -0.356 e. The molecule has 0 saturated carbocycles. The second kappa shape index (κ2) is 8.99. The molecule has 0 aliphatic rings. The van der Waals surface area contributed by atoms with Gasteiger partial charge in [0.25, 0.3) is 0 Å². The summed E-state index contributed by atoms with van der Waals surface area (Å²) < 4.78 is 7.25. The lowest BCUT2D eigenvalue weighted by atomic mass is 10.2. The smallest absolute Gasteiger partial charge is 0.228 e. The van der Waals surface area contributed by atoms with Crippen molar-refractivity contribution in [3.63, 3.8) is 0 Å². The zero-order valence-electron chi connectivity index (χ0n) is 14.8. The minimum absolute atomic E-state index is 0.274. The summed E-state index contributed by atoms with van der Waals surface area (Å²) >= 11 is 0. The quantitative estimate of drug-likeness (QED) is 0.542. The van der Waals surface area contributed by atoms with Crippen molar-refractivity contribution >= 4 is 5.96 Å². The van der Waals surface area contributed by atoms with E-state index in [1.165, 1.54) is 0 Å². The van der Waals surface area contributed by atoms with Crippen LogP contribution in [0.5, 0.6) is 0 Å². The van der Waals surface area contributed by atoms with Gasteiger partial charge in [0, 0.05) is 45.4 Å². The topological polar surface area (TPSA) is 106 Å². The van der Waals surface area contributed by atoms with Gasteiger partial charge >= 0.3 is 0 Å². The first-order valence-corrected chi connectivity index (χ1v) is 8.27. The summed E-state index contributed by atoms with van der Waals surface area (Å²) in [5.41, 5.74) is 0. The number of aryl methyl sites for hydroxylation is 1. The third kappa shape index (κ3) is 5.04. The van der Waals surface area contributed by atoms with Crippen LogP contribution in [0.2, 0.25) is 0 Å². The molecule has 0 aliphatic heterocycles. The number of aliphatic imine (C=N–C) groups is 1. The number of guanidine groups is 1. The zero-order valence-corrected chi connectivity index (χ0v) is 14.8. The monoisotopic (exact) mass is 334 g/mol. The maximum Gasteiger partial charge on any atom is 0.228 e. The van der Waals surface area contributed by atoms with Crippen LogP contribution in [0, 0.1) is 0 Å². The molecule has 0 amide bonds. The molecule has 2 heterocycles. The Kier molecular flexibility index (Phi) is 6.71. The van der Waals surface area contributed by atoms with Gasteiger partial charge in [-0.25, -0.2) is 0 Å². The highest BCUT2D eigenvalue weighted by Crippen LogP contribution is 2.09. The van der Waals surface area contributed by atoms with E-state index in [1.807, 2.05) is 18.4 Å². The van der Waals surface area contributed by atoms with Gasteiger partial charge in [-0.1, -0.05) is 25.9 Å². The SMILES string of the molecule is CCc1nncn1CCNC(=NC)NCCc1nc(C(C)C)no1. The van der Waals surface area contributed by atoms with Crippen LogP contribution in [0.4, 0.5) is 0 Å². The summed E-state index contributed by atoms with van der Waals surface area (Å²) in [6, 6.07) is 0. The maximum absolute atomic E-state index is 5.22. The van der Waals surface area contributed by atoms with E-state index in [4.69, 9.17) is 4.52 Å². The van der Waals surface area contributed by atoms with Crippen LogP contribution in [0.1, 0.15) is 44.2 Å². The van der Waals surface area contributed by atoms with Crippen molar-refractivity contribution in [3.8, 4) is 0 Å². The summed E-state index contributed by atoms with van der Waals surface area (Å²) in [7, 11) is 1.75. The largest absolute Gasteiger partial charge is 0.356 e. The molecular formula is C15H26N8O. The molecule has 0 unspecified atom stereocenters. The molecule has 2 rings (SSSR count). The molecule has 9 nitrogen and oxygen atoms in total. The van der Waals surface area contributed by atoms with Gasteiger partial charge in [-0.05, 0) is 0 Å². The fourth-order valence-corrected chi connectivity index (χ4v) is 2.15. The third-order valence-corrected chi connectivity index (χ3v) is 3.51. The Morgan fingerprint density at radius 3 is 2.79 bits per heavy atom. The number of aromatic nitrogens is 5. The summed E-state index contributed by atoms with van der Waals surface area (Å²) in [6.45, 7) is 8.35. The number of rotatable bonds is 8. The van der Waals surface area contributed by atoms with Gasteiger partial charge in [-0.15, -0.1) is 10.2 Å². The van der Waals surface area contributed by atoms with Gasteiger partial charge in [-0.3, -0.25) is 4.99 Å². The molecule has 0 aromatic carbocycles. The minimum atomic E-state index is 0.274. The first-order valence-electron chi connectivity index (χ1n) is 8.27. The van der Waals surface area contributed by atoms with E-state index >= 15 is 0 Å². The summed E-state index contributed by atoms with van der Waals surface area (Å²) in [5.74, 6) is 3.38. The Morgan fingerprint density at radius 2 is 2.12 bits per heavy atom. The molecule has 0 fully saturated rings. The van der Waals surface area contributed by atoms with Crippen LogP contribution < -0.4 is 10.6 Å². The molecule has 0 radical (unpaired) electrons. The van der Waals surface area contributed by atoms with Crippen molar-refractivity contribution in [1.29, 1.82) is 0 Å². The second-order valence-corrected chi connectivity index (χ2v) is 5.67. The van der Waals surface area contributed by atoms with E-state index < -0.39 is 0 Å². The van der Waals surface area contributed by atoms with Crippen molar-refractivity contribution in [1.82, 2.24) is 35.5 Å². The summed E-state index contributed by atoms with van der Waals surface area (Å²) in [4.78, 5) is 8.55. The molecule has 0 atom stereocenters. The molecule has 2 N–H and O–H groups in total. The predicted molar refractivity (Wildman–Crippen MR) is 90.9 cm³/mol. The maximum atomic E-state index is 5.22. The molecule has 0 aliphatic carbocycles. The van der Waals surface area contributed by atoms with Crippen LogP contribution in [0.25, 0.3) is 0 Å². The van der Waals surface area contributed by atoms with Crippen molar-refractivity contribution in [2.75, 3.05) is 20.1 Å². The number of nitrogens with one attached hydrogen (secondary N) is 2. The average molecular weight is 334 g/mol. The first kappa shape index (κ1) is 17.9. The number of nitrogens with zero attached hydrogens (tertiary/aromatic N) is 6. The molecule has 132 valence electrons. The third-order valence-electron chi connectivity index (χ3n) is 3.51. The van der Waals surface area contributed by atoms with E-state index in [0.29, 0.717) is 18.9 Å². The van der Waals surface area contributed by atoms with Crippen LogP contribution in [-0.4, -0.2) is 51.0 Å². The van der Waals surface area contributed by atoms with Gasteiger partial charge in [0.1, 0.15) is 12.2 Å². The fraction of sp³-hybridized carbons (Fsp3) is 0.667. The van der Waals surface area contributed by atoms with Crippen LogP contribution in [-0.2, 0) is 19.4 Å². The van der Waals surface area contributed by atoms with Gasteiger partial charge in [-0.2, -0.15) is 4.98 Å². The van der Waals surface area contributed by atoms with E-state index in [1.54, 1.807) is 13.4 Å². The van der Waals surface area contributed by atoms with Gasteiger partial charge in [0.2, 0.25) is 5.89 Å². The molecule has 9 heteroatoms. The van der Waals surface area contributed by atoms with E-state index in [9.17, 15) is 0 Å². The van der Waals surface area contributed by atoms with Crippen molar-refractivity contribution in [3.05, 3.63) is 23.9 Å². The van der Waals surface area contributed by atoms with E-state index in [0.717, 1.165) is 37.1 Å². The highest BCUT2D eigenvalue weighted by atomic mass is 16.5. The standard InChI is InChI=1S/C15H26N8O/c1-5-12-21-19-10-23(12)9-8-18-15(16-4)17-7-6-13-20-14(11(2)3)22-24-13/h10-11H,5-9H2,1-4H3,(H2,16,17,18). The second-order valence-electron chi connectivity index (χ2n) is 5.67. The molecule has 0 bridgehead atoms. The van der Waals surface area contributed by atoms with Crippen molar-refractivity contribution in [2.45, 2.75) is 46.1 Å². The highest BCUT2D eigenvalue weighted by molar-refractivity contribution is 5.79. The van der Waals surface area contributed by atoms with E-state index in [-0.39, 0.29) is 5.92 Å². The average Bonchev–Trinajstić information content (AvgIpc) is 3.22. The Morgan fingerprint density at radius 1 is 1.33 bits per heavy atom. The molecular weight excluding hydrogens is 308 g/mol. The van der Waals surface area contributed by atoms with Gasteiger partial charge < -0.3 is 19.7 Å².